The van der Waals surface area contributed by atoms with Crippen LogP contribution in [0.15, 0.2) is 54.6 Å². The second kappa shape index (κ2) is 9.95. The van der Waals surface area contributed by atoms with Crippen molar-refractivity contribution in [3.05, 3.63) is 65.7 Å². The van der Waals surface area contributed by atoms with Crippen LogP contribution in [0.1, 0.15) is 17.5 Å². The third kappa shape index (κ3) is 6.78. The molecule has 0 fully saturated rings. The normalized spacial score (nSPS) is 10.3. The van der Waals surface area contributed by atoms with Gasteiger partial charge >= 0.3 is 0 Å². The summed E-state index contributed by atoms with van der Waals surface area (Å²) in [6.45, 7) is 3.04. The minimum Gasteiger partial charge on any atom is -0.491 e. The first-order chi connectivity index (χ1) is 11.3. The van der Waals surface area contributed by atoms with Gasteiger partial charge in [0.25, 0.3) is 0 Å². The van der Waals surface area contributed by atoms with Crippen molar-refractivity contribution in [1.82, 2.24) is 5.32 Å². The predicted molar refractivity (Wildman–Crippen MR) is 96.9 cm³/mol. The number of hydrogen-bond donors (Lipinski definition) is 1. The lowest BCUT2D eigenvalue weighted by atomic mass is 10.2. The van der Waals surface area contributed by atoms with E-state index in [1.807, 2.05) is 49.4 Å². The number of nitrogens with one attached hydrogen (secondary N) is 1. The molecule has 0 heterocycles. The molecule has 23 heavy (non-hydrogen) atoms. The van der Waals surface area contributed by atoms with E-state index in [-0.39, 0.29) is 5.91 Å². The Morgan fingerprint density at radius 2 is 1.83 bits per heavy atom. The van der Waals surface area contributed by atoms with Crippen LogP contribution in [0.25, 0.3) is 0 Å². The van der Waals surface area contributed by atoms with E-state index in [4.69, 9.17) is 4.74 Å². The molecule has 0 unspecified atom stereocenters. The summed E-state index contributed by atoms with van der Waals surface area (Å²) in [6.07, 6.45) is 0.544. The lowest BCUT2D eigenvalue weighted by Gasteiger charge is -2.09. The highest BCUT2D eigenvalue weighted by Gasteiger charge is 2.02. The quantitative estimate of drug-likeness (QED) is 0.711. The van der Waals surface area contributed by atoms with E-state index in [0.717, 1.165) is 22.8 Å². The van der Waals surface area contributed by atoms with Gasteiger partial charge in [-0.2, -0.15) is 11.8 Å². The first-order valence-electron chi connectivity index (χ1n) is 7.82. The Balaban J connectivity index is 1.53. The molecule has 0 saturated heterocycles. The van der Waals surface area contributed by atoms with Crippen LogP contribution >= 0.6 is 11.8 Å². The first kappa shape index (κ1) is 17.4. The molecule has 0 spiro atoms. The van der Waals surface area contributed by atoms with E-state index >= 15 is 0 Å². The Hall–Kier alpha value is -1.94. The van der Waals surface area contributed by atoms with Gasteiger partial charge in [0.2, 0.25) is 5.91 Å². The maximum atomic E-state index is 11.8. The minimum atomic E-state index is 0.0824. The van der Waals surface area contributed by atoms with Crippen LogP contribution in [-0.2, 0) is 10.5 Å². The molecule has 0 bridgehead atoms. The zero-order chi connectivity index (χ0) is 16.3. The summed E-state index contributed by atoms with van der Waals surface area (Å²) in [5.41, 5.74) is 2.40. The summed E-state index contributed by atoms with van der Waals surface area (Å²) < 4.78 is 5.65. The number of carbonyl (C=O) groups is 1. The zero-order valence-corrected chi connectivity index (χ0v) is 14.3. The van der Waals surface area contributed by atoms with Gasteiger partial charge in [0.15, 0.2) is 0 Å². The van der Waals surface area contributed by atoms with Gasteiger partial charge in [-0.3, -0.25) is 4.79 Å². The maximum absolute atomic E-state index is 11.8. The Morgan fingerprint density at radius 1 is 1.09 bits per heavy atom. The van der Waals surface area contributed by atoms with Crippen LogP contribution in [-0.4, -0.2) is 24.8 Å². The number of carbonyl (C=O) groups excluding carboxylic acids is 1. The van der Waals surface area contributed by atoms with Crippen LogP contribution in [0, 0.1) is 6.92 Å². The molecular formula is C19H23NO2S. The largest absolute Gasteiger partial charge is 0.491 e. The summed E-state index contributed by atoms with van der Waals surface area (Å²) in [5, 5.41) is 2.89. The Kier molecular flexibility index (Phi) is 7.54. The molecule has 2 aromatic rings. The van der Waals surface area contributed by atoms with Gasteiger partial charge in [0, 0.05) is 17.9 Å². The van der Waals surface area contributed by atoms with Crippen molar-refractivity contribution in [3.8, 4) is 5.75 Å². The second-order valence-corrected chi connectivity index (χ2v) is 6.36. The Labute approximate surface area is 142 Å². The number of hydrogen-bond acceptors (Lipinski definition) is 3. The average Bonchev–Trinajstić information content (AvgIpc) is 2.58. The molecule has 0 saturated carbocycles. The SMILES string of the molecule is Cc1ccccc1OCCNC(=O)CCSCc1ccccc1. The van der Waals surface area contributed by atoms with Crippen molar-refractivity contribution >= 4 is 17.7 Å². The molecule has 3 nitrogen and oxygen atoms in total. The van der Waals surface area contributed by atoms with Crippen LogP contribution < -0.4 is 10.1 Å². The fourth-order valence-electron chi connectivity index (χ4n) is 2.09. The number of para-hydroxylation sites is 1. The number of amides is 1. The van der Waals surface area contributed by atoms with Gasteiger partial charge in [-0.05, 0) is 24.1 Å². The first-order valence-corrected chi connectivity index (χ1v) is 8.98. The molecule has 2 aromatic carbocycles. The number of ether oxygens (including phenoxy) is 1. The van der Waals surface area contributed by atoms with Gasteiger partial charge in [0.05, 0.1) is 6.54 Å². The summed E-state index contributed by atoms with van der Waals surface area (Å²) >= 11 is 1.78. The number of aryl methyl sites for hydroxylation is 1. The predicted octanol–water partition coefficient (Wildman–Crippen LogP) is 3.81. The molecule has 4 heteroatoms. The average molecular weight is 329 g/mol. The van der Waals surface area contributed by atoms with Crippen molar-refractivity contribution in [3.63, 3.8) is 0 Å². The van der Waals surface area contributed by atoms with Crippen molar-refractivity contribution in [2.45, 2.75) is 19.1 Å². The zero-order valence-electron chi connectivity index (χ0n) is 13.5. The van der Waals surface area contributed by atoms with Gasteiger partial charge in [-0.15, -0.1) is 0 Å². The van der Waals surface area contributed by atoms with Crippen LogP contribution in [0.4, 0.5) is 0 Å². The van der Waals surface area contributed by atoms with E-state index in [2.05, 4.69) is 17.4 Å². The molecular weight excluding hydrogens is 306 g/mol. The summed E-state index contributed by atoms with van der Waals surface area (Å²) in [5.74, 6) is 2.74. The molecule has 0 aliphatic heterocycles. The molecule has 0 radical (unpaired) electrons. The highest BCUT2D eigenvalue weighted by molar-refractivity contribution is 7.98. The van der Waals surface area contributed by atoms with Crippen molar-refractivity contribution < 1.29 is 9.53 Å². The molecule has 0 aliphatic rings. The van der Waals surface area contributed by atoms with Gasteiger partial charge in [0.1, 0.15) is 12.4 Å². The number of thioether (sulfide) groups is 1. The summed E-state index contributed by atoms with van der Waals surface area (Å²) in [6, 6.07) is 18.2. The van der Waals surface area contributed by atoms with Crippen molar-refractivity contribution in [1.29, 1.82) is 0 Å². The Morgan fingerprint density at radius 3 is 2.61 bits per heavy atom. The van der Waals surface area contributed by atoms with Crippen LogP contribution in [0.2, 0.25) is 0 Å². The summed E-state index contributed by atoms with van der Waals surface area (Å²) in [4.78, 5) is 11.8. The van der Waals surface area contributed by atoms with Gasteiger partial charge in [-0.25, -0.2) is 0 Å². The van der Waals surface area contributed by atoms with Crippen molar-refractivity contribution in [2.75, 3.05) is 18.9 Å². The van der Waals surface area contributed by atoms with E-state index < -0.39 is 0 Å². The standard InChI is InChI=1S/C19H23NO2S/c1-16-7-5-6-10-18(16)22-13-12-20-19(21)11-14-23-15-17-8-3-2-4-9-17/h2-10H,11-15H2,1H3,(H,20,21). The van der Waals surface area contributed by atoms with Crippen molar-refractivity contribution in [2.24, 2.45) is 0 Å². The van der Waals surface area contributed by atoms with Crippen LogP contribution in [0.3, 0.4) is 0 Å². The minimum absolute atomic E-state index is 0.0824. The third-order valence-corrected chi connectivity index (χ3v) is 4.39. The van der Waals surface area contributed by atoms with Gasteiger partial charge in [-0.1, -0.05) is 48.5 Å². The van der Waals surface area contributed by atoms with Gasteiger partial charge < -0.3 is 10.1 Å². The maximum Gasteiger partial charge on any atom is 0.220 e. The fourth-order valence-corrected chi connectivity index (χ4v) is 2.99. The summed E-state index contributed by atoms with van der Waals surface area (Å²) in [7, 11) is 0. The molecule has 2 rings (SSSR count). The lowest BCUT2D eigenvalue weighted by Crippen LogP contribution is -2.28. The van der Waals surface area contributed by atoms with Crippen LogP contribution in [0.5, 0.6) is 5.75 Å². The fraction of sp³-hybridized carbons (Fsp3) is 0.316. The van der Waals surface area contributed by atoms with E-state index in [1.54, 1.807) is 11.8 Å². The molecule has 0 atom stereocenters. The molecule has 122 valence electrons. The van der Waals surface area contributed by atoms with E-state index in [1.165, 1.54) is 5.56 Å². The van der Waals surface area contributed by atoms with E-state index in [0.29, 0.717) is 19.6 Å². The number of benzene rings is 2. The highest BCUT2D eigenvalue weighted by atomic mass is 32.2. The second-order valence-electron chi connectivity index (χ2n) is 5.25. The molecule has 1 amide bonds. The smallest absolute Gasteiger partial charge is 0.220 e. The molecule has 0 aliphatic carbocycles. The molecule has 0 aromatic heterocycles. The topological polar surface area (TPSA) is 38.3 Å². The lowest BCUT2D eigenvalue weighted by molar-refractivity contribution is -0.120. The van der Waals surface area contributed by atoms with E-state index in [9.17, 15) is 4.79 Å². The highest BCUT2D eigenvalue weighted by Crippen LogP contribution is 2.15. The Bertz CT molecular complexity index is 601. The molecule has 1 N–H and O–H groups in total. The third-order valence-electron chi connectivity index (χ3n) is 3.36. The number of rotatable bonds is 9. The monoisotopic (exact) mass is 329 g/mol.